The minimum Gasteiger partial charge on any atom is -0.497 e. The summed E-state index contributed by atoms with van der Waals surface area (Å²) in [5, 5.41) is 0. The van der Waals surface area contributed by atoms with Crippen molar-refractivity contribution in [2.75, 3.05) is 13.7 Å². The molecular formula is C25H28N2O2. The molecule has 29 heavy (non-hydrogen) atoms. The fourth-order valence-corrected chi connectivity index (χ4v) is 5.50. The Morgan fingerprint density at radius 3 is 2.59 bits per heavy atom. The second-order valence-corrected chi connectivity index (χ2v) is 8.71. The molecule has 1 amide bonds. The van der Waals surface area contributed by atoms with Gasteiger partial charge in [-0.25, -0.2) is 0 Å². The molecule has 2 aliphatic heterocycles. The van der Waals surface area contributed by atoms with Crippen LogP contribution in [0.5, 0.6) is 5.75 Å². The van der Waals surface area contributed by atoms with Gasteiger partial charge in [0.25, 0.3) is 0 Å². The van der Waals surface area contributed by atoms with Gasteiger partial charge in [0.2, 0.25) is 5.91 Å². The number of hydrogen-bond donors (Lipinski definition) is 0. The maximum absolute atomic E-state index is 13.1. The van der Waals surface area contributed by atoms with Crippen LogP contribution in [0.3, 0.4) is 0 Å². The molecule has 2 heterocycles. The summed E-state index contributed by atoms with van der Waals surface area (Å²) in [6.45, 7) is 1.38. The van der Waals surface area contributed by atoms with Gasteiger partial charge >= 0.3 is 0 Å². The predicted octanol–water partition coefficient (Wildman–Crippen LogP) is 5.03. The van der Waals surface area contributed by atoms with Crippen molar-refractivity contribution in [3.63, 3.8) is 0 Å². The summed E-state index contributed by atoms with van der Waals surface area (Å²) in [5.41, 5.74) is 4.52. The van der Waals surface area contributed by atoms with E-state index in [2.05, 4.69) is 36.4 Å². The zero-order chi connectivity index (χ0) is 19.8. The van der Waals surface area contributed by atoms with Gasteiger partial charge in [0.1, 0.15) is 5.75 Å². The number of benzene rings is 2. The lowest BCUT2D eigenvalue weighted by Crippen LogP contribution is -2.41. The molecule has 0 unspecified atom stereocenters. The Labute approximate surface area is 172 Å². The SMILES string of the molecule is COc1ccc(CN2C[C@@]3(CC2=O)C(C2CCCCC2)=Nc2ccccc23)cc1. The van der Waals surface area contributed by atoms with Gasteiger partial charge in [-0.1, -0.05) is 49.6 Å². The molecule has 5 rings (SSSR count). The van der Waals surface area contributed by atoms with Crippen molar-refractivity contribution >= 4 is 17.3 Å². The third-order valence-corrected chi connectivity index (χ3v) is 6.94. The zero-order valence-corrected chi connectivity index (χ0v) is 17.1. The average molecular weight is 389 g/mol. The predicted molar refractivity (Wildman–Crippen MR) is 115 cm³/mol. The standard InChI is InChI=1S/C25H28N2O2/c1-29-20-13-11-18(12-14-20)16-27-17-25(15-23(27)28)21-9-5-6-10-22(21)26-24(25)19-7-3-2-4-8-19/h5-6,9-14,19H,2-4,7-8,15-17H2,1H3/t25-/m1/s1. The quantitative estimate of drug-likeness (QED) is 0.737. The number of para-hydroxylation sites is 1. The summed E-state index contributed by atoms with van der Waals surface area (Å²) < 4.78 is 5.26. The summed E-state index contributed by atoms with van der Waals surface area (Å²) >= 11 is 0. The molecule has 2 fully saturated rings. The molecule has 1 spiro atoms. The van der Waals surface area contributed by atoms with Crippen molar-refractivity contribution in [2.24, 2.45) is 10.9 Å². The lowest BCUT2D eigenvalue weighted by molar-refractivity contribution is -0.128. The van der Waals surface area contributed by atoms with Gasteiger partial charge in [-0.15, -0.1) is 0 Å². The van der Waals surface area contributed by atoms with Gasteiger partial charge in [-0.3, -0.25) is 9.79 Å². The monoisotopic (exact) mass is 388 g/mol. The molecule has 3 aliphatic rings. The summed E-state index contributed by atoms with van der Waals surface area (Å²) in [6.07, 6.45) is 6.85. The molecule has 1 aliphatic carbocycles. The molecule has 150 valence electrons. The number of hydrogen-bond acceptors (Lipinski definition) is 3. The molecule has 4 heteroatoms. The maximum atomic E-state index is 13.1. The highest BCUT2D eigenvalue weighted by Gasteiger charge is 2.53. The third-order valence-electron chi connectivity index (χ3n) is 6.94. The van der Waals surface area contributed by atoms with Gasteiger partial charge in [-0.05, 0) is 48.1 Å². The molecular weight excluding hydrogens is 360 g/mol. The number of rotatable bonds is 4. The van der Waals surface area contributed by atoms with Gasteiger partial charge in [-0.2, -0.15) is 0 Å². The van der Waals surface area contributed by atoms with Crippen molar-refractivity contribution in [3.05, 3.63) is 59.7 Å². The normalized spacial score (nSPS) is 24.1. The number of fused-ring (bicyclic) bond motifs is 2. The Kier molecular flexibility index (Phi) is 4.65. The molecule has 0 radical (unpaired) electrons. The first kappa shape index (κ1) is 18.4. The Balaban J connectivity index is 1.46. The first-order valence-corrected chi connectivity index (χ1v) is 10.8. The minimum absolute atomic E-state index is 0.234. The van der Waals surface area contributed by atoms with Crippen LogP contribution in [0.15, 0.2) is 53.5 Å². The van der Waals surface area contributed by atoms with Crippen LogP contribution in [0.4, 0.5) is 5.69 Å². The van der Waals surface area contributed by atoms with Crippen molar-refractivity contribution in [1.82, 2.24) is 4.90 Å². The maximum Gasteiger partial charge on any atom is 0.224 e. The summed E-state index contributed by atoms with van der Waals surface area (Å²) in [4.78, 5) is 20.3. The molecule has 2 aromatic rings. The largest absolute Gasteiger partial charge is 0.497 e. The lowest BCUT2D eigenvalue weighted by atomic mass is 9.69. The van der Waals surface area contributed by atoms with E-state index < -0.39 is 0 Å². The van der Waals surface area contributed by atoms with E-state index in [9.17, 15) is 4.79 Å². The van der Waals surface area contributed by atoms with Crippen molar-refractivity contribution < 1.29 is 9.53 Å². The van der Waals surface area contributed by atoms with E-state index in [4.69, 9.17) is 9.73 Å². The summed E-state index contributed by atoms with van der Waals surface area (Å²) in [5.74, 6) is 1.60. The van der Waals surface area contributed by atoms with E-state index in [-0.39, 0.29) is 11.3 Å². The van der Waals surface area contributed by atoms with E-state index in [1.54, 1.807) is 7.11 Å². The number of likely N-dealkylation sites (tertiary alicyclic amines) is 1. The highest BCUT2D eigenvalue weighted by molar-refractivity contribution is 6.07. The number of amides is 1. The third kappa shape index (κ3) is 3.15. The van der Waals surface area contributed by atoms with Crippen molar-refractivity contribution in [1.29, 1.82) is 0 Å². The van der Waals surface area contributed by atoms with E-state index in [1.165, 1.54) is 43.4 Å². The van der Waals surface area contributed by atoms with E-state index in [0.29, 0.717) is 18.9 Å². The molecule has 1 saturated heterocycles. The molecule has 4 nitrogen and oxygen atoms in total. The fraction of sp³-hybridized carbons (Fsp3) is 0.440. The topological polar surface area (TPSA) is 41.9 Å². The minimum atomic E-state index is -0.234. The lowest BCUT2D eigenvalue weighted by Gasteiger charge is -2.33. The van der Waals surface area contributed by atoms with Crippen LogP contribution in [0, 0.1) is 5.92 Å². The smallest absolute Gasteiger partial charge is 0.224 e. The van der Waals surface area contributed by atoms with Crippen LogP contribution < -0.4 is 4.74 Å². The van der Waals surface area contributed by atoms with Gasteiger partial charge in [0.15, 0.2) is 0 Å². The van der Waals surface area contributed by atoms with Crippen molar-refractivity contribution in [3.8, 4) is 5.75 Å². The fourth-order valence-electron chi connectivity index (χ4n) is 5.50. The number of aliphatic imine (C=N–C) groups is 1. The van der Waals surface area contributed by atoms with Gasteiger partial charge in [0.05, 0.1) is 18.2 Å². The van der Waals surface area contributed by atoms with Crippen LogP contribution in [0.25, 0.3) is 0 Å². The molecule has 1 atom stereocenters. The number of carbonyl (C=O) groups is 1. The van der Waals surface area contributed by atoms with Crippen LogP contribution >= 0.6 is 0 Å². The van der Waals surface area contributed by atoms with E-state index >= 15 is 0 Å². The van der Waals surface area contributed by atoms with Crippen LogP contribution in [-0.4, -0.2) is 30.2 Å². The number of carbonyl (C=O) groups excluding carboxylic acids is 1. The Bertz CT molecular complexity index is 944. The Morgan fingerprint density at radius 2 is 1.83 bits per heavy atom. The highest BCUT2D eigenvalue weighted by atomic mass is 16.5. The molecule has 0 aromatic heterocycles. The van der Waals surface area contributed by atoms with Crippen LogP contribution in [-0.2, 0) is 16.8 Å². The highest BCUT2D eigenvalue weighted by Crippen LogP contribution is 2.50. The Morgan fingerprint density at radius 1 is 1.07 bits per heavy atom. The molecule has 1 saturated carbocycles. The molecule has 0 N–H and O–H groups in total. The van der Waals surface area contributed by atoms with Crippen LogP contribution in [0.1, 0.15) is 49.7 Å². The van der Waals surface area contributed by atoms with Gasteiger partial charge in [0, 0.05) is 25.2 Å². The van der Waals surface area contributed by atoms with Crippen molar-refractivity contribution in [2.45, 2.75) is 50.5 Å². The Hall–Kier alpha value is -2.62. The average Bonchev–Trinajstić information content (AvgIpc) is 3.26. The first-order chi connectivity index (χ1) is 14.2. The summed E-state index contributed by atoms with van der Waals surface area (Å²) in [7, 11) is 1.67. The number of ether oxygens (including phenoxy) is 1. The van der Waals surface area contributed by atoms with E-state index in [1.807, 2.05) is 17.0 Å². The number of nitrogens with zero attached hydrogens (tertiary/aromatic N) is 2. The first-order valence-electron chi connectivity index (χ1n) is 10.8. The molecule has 0 bridgehead atoms. The summed E-state index contributed by atoms with van der Waals surface area (Å²) in [6, 6.07) is 16.5. The zero-order valence-electron chi connectivity index (χ0n) is 17.1. The van der Waals surface area contributed by atoms with Crippen LogP contribution in [0.2, 0.25) is 0 Å². The molecule has 2 aromatic carbocycles. The van der Waals surface area contributed by atoms with E-state index in [0.717, 1.165) is 23.5 Å². The second-order valence-electron chi connectivity index (χ2n) is 8.71. The number of methoxy groups -OCH3 is 1. The van der Waals surface area contributed by atoms with Gasteiger partial charge < -0.3 is 9.64 Å². The second kappa shape index (κ2) is 7.33.